The lowest BCUT2D eigenvalue weighted by Gasteiger charge is -2.30. The molecule has 0 aliphatic carbocycles. The molecule has 2 aliphatic rings. The van der Waals surface area contributed by atoms with Crippen molar-refractivity contribution in [2.24, 2.45) is 13.0 Å². The van der Waals surface area contributed by atoms with Crippen molar-refractivity contribution in [3.8, 4) is 0 Å². The molecule has 1 N–H and O–H groups in total. The summed E-state index contributed by atoms with van der Waals surface area (Å²) >= 11 is 0. The number of nitrogens with zero attached hydrogens (tertiary/aromatic N) is 4. The highest BCUT2D eigenvalue weighted by Crippen LogP contribution is 2.23. The molecule has 30 heavy (non-hydrogen) atoms. The first kappa shape index (κ1) is 20.6. The Kier molecular flexibility index (Phi) is 5.62. The number of nitrogens with one attached hydrogen (secondary N) is 1. The van der Waals surface area contributed by atoms with Gasteiger partial charge in [0.2, 0.25) is 0 Å². The third-order valence-electron chi connectivity index (χ3n) is 6.11. The number of aryl methyl sites for hydroxylation is 3. The average Bonchev–Trinajstić information content (AvgIpc) is 2.84. The van der Waals surface area contributed by atoms with Crippen LogP contribution >= 0.6 is 0 Å². The van der Waals surface area contributed by atoms with E-state index < -0.39 is 0 Å². The molecule has 2 fully saturated rings. The van der Waals surface area contributed by atoms with Crippen molar-refractivity contribution in [2.45, 2.75) is 19.9 Å². The summed E-state index contributed by atoms with van der Waals surface area (Å²) in [7, 11) is 3.90. The van der Waals surface area contributed by atoms with Gasteiger partial charge in [0.25, 0.3) is 11.8 Å². The van der Waals surface area contributed by atoms with Gasteiger partial charge in [-0.1, -0.05) is 6.07 Å². The molecule has 2 bridgehead atoms. The van der Waals surface area contributed by atoms with Gasteiger partial charge in [-0.3, -0.25) is 19.2 Å². The molecule has 2 saturated heterocycles. The number of aromatic nitrogens is 2. The number of benzene rings is 1. The van der Waals surface area contributed by atoms with E-state index in [2.05, 4.69) is 22.4 Å². The molecule has 0 radical (unpaired) electrons. The highest BCUT2D eigenvalue weighted by atomic mass is 16.5. The first-order valence-electron chi connectivity index (χ1n) is 10.3. The molecule has 8 nitrogen and oxygen atoms in total. The Morgan fingerprint density at radius 2 is 1.90 bits per heavy atom. The molecule has 2 atom stereocenters. The van der Waals surface area contributed by atoms with E-state index in [1.807, 2.05) is 30.9 Å². The Bertz CT molecular complexity index is 950. The lowest BCUT2D eigenvalue weighted by atomic mass is 10.1. The SMILES string of the molecule is Cc1ccc(C(=O)N2C[C@@H]3COC[C@H](C2)N(C)C3)cc1NC(=O)c1cc(C)n(C)n1. The standard InChI is InChI=1S/C22H29N5O3/c1-14-5-6-17(8-19(14)23-21(28)20-7-15(2)26(4)24-20)22(29)27-10-16-9-25(3)18(11-27)13-30-12-16/h5-8,16,18H,9-13H2,1-4H3,(H,23,28)/t16-,18+/m1/s1. The molecule has 2 aromatic rings. The molecule has 3 heterocycles. The fraction of sp³-hybridized carbons (Fsp3) is 0.500. The van der Waals surface area contributed by atoms with Crippen LogP contribution in [0, 0.1) is 19.8 Å². The minimum Gasteiger partial charge on any atom is -0.379 e. The summed E-state index contributed by atoms with van der Waals surface area (Å²) in [6.45, 7) is 7.41. The summed E-state index contributed by atoms with van der Waals surface area (Å²) in [6.07, 6.45) is 0. The van der Waals surface area contributed by atoms with Gasteiger partial charge in [0, 0.05) is 49.5 Å². The first-order valence-corrected chi connectivity index (χ1v) is 10.3. The maximum atomic E-state index is 13.3. The fourth-order valence-corrected chi connectivity index (χ4v) is 4.15. The average molecular weight is 412 g/mol. The number of carbonyl (C=O) groups is 2. The molecule has 1 aromatic carbocycles. The zero-order chi connectivity index (χ0) is 21.4. The first-order chi connectivity index (χ1) is 14.3. The van der Waals surface area contributed by atoms with Gasteiger partial charge in [0.05, 0.1) is 19.3 Å². The minimum absolute atomic E-state index is 0.00798. The van der Waals surface area contributed by atoms with Crippen LogP contribution in [0.5, 0.6) is 0 Å². The quantitative estimate of drug-likeness (QED) is 0.832. The van der Waals surface area contributed by atoms with Gasteiger partial charge in [0.1, 0.15) is 0 Å². The van der Waals surface area contributed by atoms with Crippen molar-refractivity contribution >= 4 is 17.5 Å². The van der Waals surface area contributed by atoms with Crippen LogP contribution in [0.1, 0.15) is 32.1 Å². The van der Waals surface area contributed by atoms with Gasteiger partial charge in [-0.2, -0.15) is 5.10 Å². The van der Waals surface area contributed by atoms with Gasteiger partial charge in [-0.25, -0.2) is 0 Å². The van der Waals surface area contributed by atoms with Gasteiger partial charge >= 0.3 is 0 Å². The molecule has 160 valence electrons. The number of hydrogen-bond donors (Lipinski definition) is 1. The second-order valence-corrected chi connectivity index (χ2v) is 8.49. The summed E-state index contributed by atoms with van der Waals surface area (Å²) in [6, 6.07) is 7.43. The van der Waals surface area contributed by atoms with Gasteiger partial charge < -0.3 is 15.0 Å². The predicted molar refractivity (Wildman–Crippen MR) is 114 cm³/mol. The number of carbonyl (C=O) groups excluding carboxylic acids is 2. The van der Waals surface area contributed by atoms with E-state index in [9.17, 15) is 9.59 Å². The topological polar surface area (TPSA) is 79.7 Å². The van der Waals surface area contributed by atoms with E-state index in [4.69, 9.17) is 4.74 Å². The maximum Gasteiger partial charge on any atom is 0.276 e. The Hall–Kier alpha value is -2.71. The lowest BCUT2D eigenvalue weighted by molar-refractivity contribution is 0.0433. The van der Waals surface area contributed by atoms with Crippen molar-refractivity contribution in [1.29, 1.82) is 0 Å². The summed E-state index contributed by atoms with van der Waals surface area (Å²) in [5, 5.41) is 7.14. The summed E-state index contributed by atoms with van der Waals surface area (Å²) in [5.74, 6) is 0.0179. The molecule has 4 rings (SSSR count). The van der Waals surface area contributed by atoms with Crippen LogP contribution in [-0.2, 0) is 11.8 Å². The second kappa shape index (κ2) is 8.20. The molecule has 0 spiro atoms. The van der Waals surface area contributed by atoms with Crippen LogP contribution in [0.25, 0.3) is 0 Å². The molecule has 2 amide bonds. The Morgan fingerprint density at radius 1 is 1.10 bits per heavy atom. The van der Waals surface area contributed by atoms with E-state index in [0.717, 1.165) is 17.8 Å². The largest absolute Gasteiger partial charge is 0.379 e. The van der Waals surface area contributed by atoms with E-state index in [1.165, 1.54) is 0 Å². The number of anilines is 1. The van der Waals surface area contributed by atoms with Crippen LogP contribution in [0.4, 0.5) is 5.69 Å². The van der Waals surface area contributed by atoms with Gasteiger partial charge in [-0.15, -0.1) is 0 Å². The third kappa shape index (κ3) is 4.11. The highest BCUT2D eigenvalue weighted by molar-refractivity contribution is 6.04. The Balaban J connectivity index is 1.53. The number of ether oxygens (including phenoxy) is 1. The second-order valence-electron chi connectivity index (χ2n) is 8.49. The van der Waals surface area contributed by atoms with Gasteiger partial charge in [-0.05, 0) is 44.7 Å². The van der Waals surface area contributed by atoms with Crippen LogP contribution in [0.2, 0.25) is 0 Å². The van der Waals surface area contributed by atoms with E-state index in [0.29, 0.717) is 49.2 Å². The highest BCUT2D eigenvalue weighted by Gasteiger charge is 2.33. The van der Waals surface area contributed by atoms with Crippen molar-refractivity contribution in [3.05, 3.63) is 46.8 Å². The molecule has 8 heteroatoms. The monoisotopic (exact) mass is 411 g/mol. The normalized spacial score (nSPS) is 21.9. The van der Waals surface area contributed by atoms with Crippen LogP contribution in [0.15, 0.2) is 24.3 Å². The van der Waals surface area contributed by atoms with Crippen molar-refractivity contribution in [2.75, 3.05) is 45.2 Å². The Labute approximate surface area is 176 Å². The van der Waals surface area contributed by atoms with Gasteiger partial charge in [0.15, 0.2) is 5.69 Å². The van der Waals surface area contributed by atoms with Crippen molar-refractivity contribution < 1.29 is 14.3 Å². The maximum absolute atomic E-state index is 13.3. The number of hydrogen-bond acceptors (Lipinski definition) is 5. The third-order valence-corrected chi connectivity index (χ3v) is 6.11. The number of likely N-dealkylation sites (N-methyl/N-ethyl adjacent to an activating group) is 1. The van der Waals surface area contributed by atoms with Crippen LogP contribution in [-0.4, -0.2) is 77.3 Å². The van der Waals surface area contributed by atoms with Crippen LogP contribution < -0.4 is 5.32 Å². The zero-order valence-electron chi connectivity index (χ0n) is 18.0. The molecular weight excluding hydrogens is 382 g/mol. The van der Waals surface area contributed by atoms with E-state index >= 15 is 0 Å². The number of rotatable bonds is 3. The van der Waals surface area contributed by atoms with Crippen LogP contribution in [0.3, 0.4) is 0 Å². The van der Waals surface area contributed by atoms with Crippen molar-refractivity contribution in [3.63, 3.8) is 0 Å². The summed E-state index contributed by atoms with van der Waals surface area (Å²) in [4.78, 5) is 30.1. The molecule has 1 aromatic heterocycles. The summed E-state index contributed by atoms with van der Waals surface area (Å²) in [5.41, 5.74) is 3.37. The van der Waals surface area contributed by atoms with Crippen molar-refractivity contribution in [1.82, 2.24) is 19.6 Å². The number of amides is 2. The number of fused-ring (bicyclic) bond motifs is 3. The molecule has 0 saturated carbocycles. The zero-order valence-corrected chi connectivity index (χ0v) is 18.0. The predicted octanol–water partition coefficient (Wildman–Crippen LogP) is 1.69. The Morgan fingerprint density at radius 3 is 2.63 bits per heavy atom. The molecule has 0 unspecified atom stereocenters. The fourth-order valence-electron chi connectivity index (χ4n) is 4.15. The molecular formula is C22H29N5O3. The van der Waals surface area contributed by atoms with E-state index in [-0.39, 0.29) is 17.9 Å². The smallest absolute Gasteiger partial charge is 0.276 e. The lowest BCUT2D eigenvalue weighted by Crippen LogP contribution is -2.44. The summed E-state index contributed by atoms with van der Waals surface area (Å²) < 4.78 is 7.43. The van der Waals surface area contributed by atoms with E-state index in [1.54, 1.807) is 23.9 Å². The minimum atomic E-state index is -0.283. The molecule has 2 aliphatic heterocycles.